The first kappa shape index (κ1) is 19.5. The molecule has 1 saturated heterocycles. The van der Waals surface area contributed by atoms with E-state index < -0.39 is 12.0 Å². The molecule has 0 saturated carbocycles. The van der Waals surface area contributed by atoms with E-state index in [0.717, 1.165) is 24.0 Å². The lowest BCUT2D eigenvalue weighted by Crippen LogP contribution is -2.42. The van der Waals surface area contributed by atoms with E-state index in [-0.39, 0.29) is 12.3 Å². The largest absolute Gasteiger partial charge is 0.493 e. The summed E-state index contributed by atoms with van der Waals surface area (Å²) in [5, 5.41) is 9.43. The Balaban J connectivity index is 1.87. The maximum Gasteiger partial charge on any atom is 0.305 e. The lowest BCUT2D eigenvalue weighted by Gasteiger charge is -2.38. The minimum absolute atomic E-state index is 0.0218. The van der Waals surface area contributed by atoms with Gasteiger partial charge in [0.15, 0.2) is 11.5 Å². The number of carbonyl (C=O) groups is 2. The number of rotatable bonds is 6. The van der Waals surface area contributed by atoms with Crippen molar-refractivity contribution in [3.8, 4) is 11.5 Å². The van der Waals surface area contributed by atoms with E-state index in [9.17, 15) is 14.7 Å². The summed E-state index contributed by atoms with van der Waals surface area (Å²) in [6, 6.07) is 3.22. The summed E-state index contributed by atoms with van der Waals surface area (Å²) < 4.78 is 16.1. The van der Waals surface area contributed by atoms with Gasteiger partial charge in [-0.3, -0.25) is 9.59 Å². The first-order valence-corrected chi connectivity index (χ1v) is 9.37. The number of carboxylic acid groups (broad SMARTS) is 1. The fourth-order valence-corrected chi connectivity index (χ4v) is 4.03. The quantitative estimate of drug-likeness (QED) is 0.820. The SMILES string of the molecule is COc1cc2c(cc1OC)C(CC(=O)O)N(C(=O)CC1CCOCC1)CC2. The molecule has 1 atom stereocenters. The topological polar surface area (TPSA) is 85.3 Å². The molecule has 1 fully saturated rings. The summed E-state index contributed by atoms with van der Waals surface area (Å²) in [6.45, 7) is 1.90. The molecule has 1 unspecified atom stereocenters. The average molecular weight is 377 g/mol. The summed E-state index contributed by atoms with van der Waals surface area (Å²) in [5.74, 6) is 0.571. The van der Waals surface area contributed by atoms with Crippen LogP contribution in [0.15, 0.2) is 12.1 Å². The monoisotopic (exact) mass is 377 g/mol. The van der Waals surface area contributed by atoms with Crippen LogP contribution in [-0.2, 0) is 20.7 Å². The Morgan fingerprint density at radius 1 is 1.15 bits per heavy atom. The maximum atomic E-state index is 13.0. The van der Waals surface area contributed by atoms with Gasteiger partial charge in [-0.1, -0.05) is 0 Å². The normalized spacial score (nSPS) is 20.1. The summed E-state index contributed by atoms with van der Waals surface area (Å²) in [6.07, 6.45) is 2.75. The summed E-state index contributed by atoms with van der Waals surface area (Å²) in [7, 11) is 3.12. The van der Waals surface area contributed by atoms with Crippen molar-refractivity contribution in [1.29, 1.82) is 0 Å². The fraction of sp³-hybridized carbons (Fsp3) is 0.600. The molecule has 7 heteroatoms. The summed E-state index contributed by atoms with van der Waals surface area (Å²) in [4.78, 5) is 26.2. The van der Waals surface area contributed by atoms with Gasteiger partial charge in [0, 0.05) is 26.2 Å². The highest BCUT2D eigenvalue weighted by Gasteiger charge is 2.34. The van der Waals surface area contributed by atoms with Crippen LogP contribution in [0, 0.1) is 5.92 Å². The lowest BCUT2D eigenvalue weighted by atomic mass is 9.88. The number of nitrogens with zero attached hydrogens (tertiary/aromatic N) is 1. The minimum Gasteiger partial charge on any atom is -0.493 e. The molecule has 2 heterocycles. The minimum atomic E-state index is -0.925. The third kappa shape index (κ3) is 4.35. The molecule has 0 bridgehead atoms. The zero-order valence-electron chi connectivity index (χ0n) is 15.9. The third-order valence-electron chi connectivity index (χ3n) is 5.50. The highest BCUT2D eigenvalue weighted by Crippen LogP contribution is 2.40. The molecule has 1 N–H and O–H groups in total. The van der Waals surface area contributed by atoms with Crippen LogP contribution >= 0.6 is 0 Å². The first-order chi connectivity index (χ1) is 13.0. The number of carbonyl (C=O) groups excluding carboxylic acids is 1. The molecule has 1 amide bonds. The van der Waals surface area contributed by atoms with Crippen LogP contribution < -0.4 is 9.47 Å². The molecule has 0 spiro atoms. The van der Waals surface area contributed by atoms with Gasteiger partial charge in [0.2, 0.25) is 5.91 Å². The van der Waals surface area contributed by atoms with Crippen LogP contribution in [0.2, 0.25) is 0 Å². The van der Waals surface area contributed by atoms with Crippen molar-refractivity contribution < 1.29 is 28.9 Å². The smallest absolute Gasteiger partial charge is 0.305 e. The standard InChI is InChI=1S/C20H27NO6/c1-25-17-10-14-3-6-21(19(22)9-13-4-7-27-8-5-13)16(12-20(23)24)15(14)11-18(17)26-2/h10-11,13,16H,3-9,12H2,1-2H3,(H,23,24). The van der Waals surface area contributed by atoms with Crippen LogP contribution in [0.5, 0.6) is 11.5 Å². The van der Waals surface area contributed by atoms with Crippen LogP contribution in [-0.4, -0.2) is 55.9 Å². The molecule has 0 aromatic heterocycles. The number of hydrogen-bond acceptors (Lipinski definition) is 5. The number of aliphatic carboxylic acids is 1. The Labute approximate surface area is 159 Å². The van der Waals surface area contributed by atoms with E-state index in [2.05, 4.69) is 0 Å². The van der Waals surface area contributed by atoms with E-state index in [1.54, 1.807) is 19.1 Å². The molecule has 2 aliphatic rings. The summed E-state index contributed by atoms with van der Waals surface area (Å²) >= 11 is 0. The second kappa shape index (κ2) is 8.61. The van der Waals surface area contributed by atoms with Gasteiger partial charge in [0.1, 0.15) is 0 Å². The van der Waals surface area contributed by atoms with Gasteiger partial charge in [-0.25, -0.2) is 0 Å². The van der Waals surface area contributed by atoms with E-state index in [1.165, 1.54) is 0 Å². The van der Waals surface area contributed by atoms with Gasteiger partial charge in [0.25, 0.3) is 0 Å². The third-order valence-corrected chi connectivity index (χ3v) is 5.50. The Hall–Kier alpha value is -2.28. The zero-order valence-corrected chi connectivity index (χ0v) is 15.9. The molecule has 148 valence electrons. The fourth-order valence-electron chi connectivity index (χ4n) is 4.03. The van der Waals surface area contributed by atoms with Gasteiger partial charge in [-0.2, -0.15) is 0 Å². The van der Waals surface area contributed by atoms with E-state index in [4.69, 9.17) is 14.2 Å². The van der Waals surface area contributed by atoms with Gasteiger partial charge < -0.3 is 24.2 Å². The van der Waals surface area contributed by atoms with Crippen LogP contribution in [0.4, 0.5) is 0 Å². The average Bonchev–Trinajstić information content (AvgIpc) is 2.67. The second-order valence-corrected chi connectivity index (χ2v) is 7.12. The lowest BCUT2D eigenvalue weighted by molar-refractivity contribution is -0.142. The number of methoxy groups -OCH3 is 2. The molecule has 2 aliphatic heterocycles. The highest BCUT2D eigenvalue weighted by atomic mass is 16.5. The molecule has 0 radical (unpaired) electrons. The van der Waals surface area contributed by atoms with Gasteiger partial charge >= 0.3 is 5.97 Å². The zero-order chi connectivity index (χ0) is 19.4. The molecule has 1 aromatic rings. The van der Waals surface area contributed by atoms with Crippen molar-refractivity contribution >= 4 is 11.9 Å². The van der Waals surface area contributed by atoms with E-state index in [0.29, 0.717) is 50.0 Å². The first-order valence-electron chi connectivity index (χ1n) is 9.37. The number of amides is 1. The van der Waals surface area contributed by atoms with E-state index in [1.807, 2.05) is 12.1 Å². The number of ether oxygens (including phenoxy) is 3. The predicted octanol–water partition coefficient (Wildman–Crippen LogP) is 2.42. The van der Waals surface area contributed by atoms with Crippen molar-refractivity contribution in [2.45, 2.75) is 38.1 Å². The van der Waals surface area contributed by atoms with Crippen molar-refractivity contribution in [3.05, 3.63) is 23.3 Å². The molecule has 1 aromatic carbocycles. The number of hydrogen-bond donors (Lipinski definition) is 1. The van der Waals surface area contributed by atoms with E-state index >= 15 is 0 Å². The molecule has 0 aliphatic carbocycles. The van der Waals surface area contributed by atoms with Gasteiger partial charge in [-0.15, -0.1) is 0 Å². The number of fused-ring (bicyclic) bond motifs is 1. The van der Waals surface area contributed by atoms with Crippen LogP contribution in [0.1, 0.15) is 42.9 Å². The number of benzene rings is 1. The molecular formula is C20H27NO6. The van der Waals surface area contributed by atoms with Gasteiger partial charge in [-0.05, 0) is 48.4 Å². The van der Waals surface area contributed by atoms with Gasteiger partial charge in [0.05, 0.1) is 26.7 Å². The highest BCUT2D eigenvalue weighted by molar-refractivity contribution is 5.79. The molecular weight excluding hydrogens is 350 g/mol. The Bertz CT molecular complexity index is 698. The molecule has 27 heavy (non-hydrogen) atoms. The van der Waals surface area contributed by atoms with Crippen molar-refractivity contribution in [3.63, 3.8) is 0 Å². The Kier molecular flexibility index (Phi) is 6.21. The maximum absolute atomic E-state index is 13.0. The Morgan fingerprint density at radius 2 is 1.81 bits per heavy atom. The number of carboxylic acids is 1. The van der Waals surface area contributed by atoms with Crippen LogP contribution in [0.25, 0.3) is 0 Å². The predicted molar refractivity (Wildman–Crippen MR) is 98.1 cm³/mol. The van der Waals surface area contributed by atoms with Crippen molar-refractivity contribution in [2.24, 2.45) is 5.92 Å². The summed E-state index contributed by atoms with van der Waals surface area (Å²) in [5.41, 5.74) is 1.84. The molecule has 3 rings (SSSR count). The van der Waals surface area contributed by atoms with Crippen molar-refractivity contribution in [2.75, 3.05) is 34.0 Å². The van der Waals surface area contributed by atoms with Crippen molar-refractivity contribution in [1.82, 2.24) is 4.90 Å². The molecule has 7 nitrogen and oxygen atoms in total. The van der Waals surface area contributed by atoms with Crippen LogP contribution in [0.3, 0.4) is 0 Å². The second-order valence-electron chi connectivity index (χ2n) is 7.12. The Morgan fingerprint density at radius 3 is 2.44 bits per heavy atom.